The van der Waals surface area contributed by atoms with E-state index in [1.54, 1.807) is 7.11 Å². The maximum Gasteiger partial charge on any atom is 0.0589 e. The van der Waals surface area contributed by atoms with Crippen LogP contribution in [-0.4, -0.2) is 44.3 Å². The summed E-state index contributed by atoms with van der Waals surface area (Å²) in [6, 6.07) is 0.837. The number of nitrogens with two attached hydrogens (primary N) is 1. The van der Waals surface area contributed by atoms with Crippen LogP contribution in [0, 0.1) is 5.41 Å². The van der Waals surface area contributed by atoms with Crippen LogP contribution in [0.5, 0.6) is 0 Å². The minimum atomic E-state index is 0.455. The number of hydrogen-bond donors (Lipinski definition) is 1. The van der Waals surface area contributed by atoms with E-state index in [0.29, 0.717) is 5.41 Å². The third kappa shape index (κ3) is 2.71. The van der Waals surface area contributed by atoms with Crippen molar-refractivity contribution in [2.75, 3.05) is 33.4 Å². The predicted octanol–water partition coefficient (Wildman–Crippen LogP) is 1.23. The minimum Gasteiger partial charge on any atom is -0.383 e. The lowest BCUT2D eigenvalue weighted by atomic mass is 9.68. The molecule has 3 nitrogen and oxygen atoms in total. The van der Waals surface area contributed by atoms with Crippen LogP contribution in [0.2, 0.25) is 0 Å². The molecule has 15 heavy (non-hydrogen) atoms. The zero-order chi connectivity index (χ0) is 10.7. The Labute approximate surface area is 93.0 Å². The zero-order valence-electron chi connectivity index (χ0n) is 9.87. The van der Waals surface area contributed by atoms with Crippen LogP contribution in [0.3, 0.4) is 0 Å². The monoisotopic (exact) mass is 212 g/mol. The molecule has 2 aliphatic carbocycles. The minimum absolute atomic E-state index is 0.455. The maximum atomic E-state index is 5.91. The van der Waals surface area contributed by atoms with Crippen LogP contribution in [0.15, 0.2) is 0 Å². The van der Waals surface area contributed by atoms with Gasteiger partial charge in [-0.3, -0.25) is 4.90 Å². The van der Waals surface area contributed by atoms with Crippen molar-refractivity contribution in [3.8, 4) is 0 Å². The van der Waals surface area contributed by atoms with Gasteiger partial charge in [0.05, 0.1) is 6.61 Å². The largest absolute Gasteiger partial charge is 0.383 e. The van der Waals surface area contributed by atoms with Gasteiger partial charge >= 0.3 is 0 Å². The Hall–Kier alpha value is -0.120. The molecule has 0 bridgehead atoms. The first kappa shape index (κ1) is 11.4. The highest BCUT2D eigenvalue weighted by atomic mass is 16.5. The Morgan fingerprint density at radius 2 is 2.13 bits per heavy atom. The van der Waals surface area contributed by atoms with Gasteiger partial charge in [-0.2, -0.15) is 0 Å². The number of methoxy groups -OCH3 is 1. The summed E-state index contributed by atoms with van der Waals surface area (Å²) >= 11 is 0. The first-order chi connectivity index (χ1) is 7.29. The lowest BCUT2D eigenvalue weighted by Gasteiger charge is -2.44. The predicted molar refractivity (Wildman–Crippen MR) is 61.8 cm³/mol. The van der Waals surface area contributed by atoms with E-state index in [2.05, 4.69) is 4.90 Å². The van der Waals surface area contributed by atoms with Gasteiger partial charge in [-0.05, 0) is 37.6 Å². The van der Waals surface area contributed by atoms with E-state index in [-0.39, 0.29) is 0 Å². The molecular weight excluding hydrogens is 188 g/mol. The third-order valence-electron chi connectivity index (χ3n) is 4.03. The molecule has 0 amide bonds. The summed E-state index contributed by atoms with van der Waals surface area (Å²) in [7, 11) is 1.78. The molecule has 0 saturated heterocycles. The Kier molecular flexibility index (Phi) is 3.65. The molecule has 2 N–H and O–H groups in total. The van der Waals surface area contributed by atoms with Crippen LogP contribution >= 0.6 is 0 Å². The standard InChI is InChI=1S/C12H24N2O/c1-15-8-7-14(11-3-4-11)10-12(9-13)5-2-6-12/h11H,2-10,13H2,1H3. The molecule has 88 valence electrons. The molecule has 0 atom stereocenters. The number of nitrogens with zero attached hydrogens (tertiary/aromatic N) is 1. The summed E-state index contributed by atoms with van der Waals surface area (Å²) in [5.74, 6) is 0. The fraction of sp³-hybridized carbons (Fsp3) is 1.00. The first-order valence-electron chi connectivity index (χ1n) is 6.23. The van der Waals surface area contributed by atoms with Gasteiger partial charge < -0.3 is 10.5 Å². The summed E-state index contributed by atoms with van der Waals surface area (Å²) in [6.45, 7) is 4.01. The van der Waals surface area contributed by atoms with E-state index in [0.717, 1.165) is 25.7 Å². The van der Waals surface area contributed by atoms with Gasteiger partial charge in [-0.1, -0.05) is 6.42 Å². The van der Waals surface area contributed by atoms with Crippen molar-refractivity contribution in [3.05, 3.63) is 0 Å². The van der Waals surface area contributed by atoms with Crippen molar-refractivity contribution in [3.63, 3.8) is 0 Å². The van der Waals surface area contributed by atoms with Gasteiger partial charge in [0.25, 0.3) is 0 Å². The SMILES string of the molecule is COCCN(CC1(CN)CCC1)C1CC1. The smallest absolute Gasteiger partial charge is 0.0589 e. The normalized spacial score (nSPS) is 24.2. The summed E-state index contributed by atoms with van der Waals surface area (Å²) in [5.41, 5.74) is 6.36. The van der Waals surface area contributed by atoms with Gasteiger partial charge in [-0.15, -0.1) is 0 Å². The fourth-order valence-corrected chi connectivity index (χ4v) is 2.57. The van der Waals surface area contributed by atoms with E-state index >= 15 is 0 Å². The van der Waals surface area contributed by atoms with Gasteiger partial charge in [0.2, 0.25) is 0 Å². The third-order valence-corrected chi connectivity index (χ3v) is 4.03. The Balaban J connectivity index is 1.82. The van der Waals surface area contributed by atoms with E-state index in [9.17, 15) is 0 Å². The average molecular weight is 212 g/mol. The number of ether oxygens (including phenoxy) is 1. The number of hydrogen-bond acceptors (Lipinski definition) is 3. The van der Waals surface area contributed by atoms with Crippen molar-refractivity contribution in [1.82, 2.24) is 4.90 Å². The summed E-state index contributed by atoms with van der Waals surface area (Å²) in [4.78, 5) is 2.61. The van der Waals surface area contributed by atoms with Crippen molar-refractivity contribution >= 4 is 0 Å². The summed E-state index contributed by atoms with van der Waals surface area (Å²) in [6.07, 6.45) is 6.80. The van der Waals surface area contributed by atoms with Gasteiger partial charge in [0, 0.05) is 26.2 Å². The Morgan fingerprint density at radius 1 is 1.40 bits per heavy atom. The van der Waals surface area contributed by atoms with Crippen LogP contribution in [-0.2, 0) is 4.74 Å². The van der Waals surface area contributed by atoms with E-state index < -0.39 is 0 Å². The lowest BCUT2D eigenvalue weighted by Crippen LogP contribution is -2.48. The molecule has 0 spiro atoms. The molecule has 2 aliphatic rings. The number of rotatable bonds is 7. The van der Waals surface area contributed by atoms with Crippen LogP contribution < -0.4 is 5.73 Å². The molecule has 2 rings (SSSR count). The van der Waals surface area contributed by atoms with E-state index in [1.807, 2.05) is 0 Å². The molecule has 0 aromatic carbocycles. The van der Waals surface area contributed by atoms with Crippen LogP contribution in [0.4, 0.5) is 0 Å². The lowest BCUT2D eigenvalue weighted by molar-refractivity contribution is 0.0540. The average Bonchev–Trinajstić information content (AvgIpc) is 3.00. The van der Waals surface area contributed by atoms with Crippen molar-refractivity contribution < 1.29 is 4.74 Å². The summed E-state index contributed by atoms with van der Waals surface area (Å²) in [5, 5.41) is 0. The second-order valence-electron chi connectivity index (χ2n) is 5.25. The topological polar surface area (TPSA) is 38.5 Å². The highest BCUT2D eigenvalue weighted by molar-refractivity contribution is 4.95. The molecule has 0 unspecified atom stereocenters. The maximum absolute atomic E-state index is 5.91. The van der Waals surface area contributed by atoms with Crippen LogP contribution in [0.1, 0.15) is 32.1 Å². The van der Waals surface area contributed by atoms with E-state index in [1.165, 1.54) is 38.6 Å². The molecule has 2 saturated carbocycles. The molecule has 0 aromatic heterocycles. The van der Waals surface area contributed by atoms with Crippen LogP contribution in [0.25, 0.3) is 0 Å². The second kappa shape index (κ2) is 4.81. The molecule has 2 fully saturated rings. The van der Waals surface area contributed by atoms with Gasteiger partial charge in [0.1, 0.15) is 0 Å². The Bertz CT molecular complexity index is 194. The molecule has 0 aromatic rings. The highest BCUT2D eigenvalue weighted by Gasteiger charge is 2.40. The fourth-order valence-electron chi connectivity index (χ4n) is 2.57. The quantitative estimate of drug-likeness (QED) is 0.690. The second-order valence-corrected chi connectivity index (χ2v) is 5.25. The zero-order valence-corrected chi connectivity index (χ0v) is 9.87. The first-order valence-corrected chi connectivity index (χ1v) is 6.23. The molecule has 0 radical (unpaired) electrons. The highest BCUT2D eigenvalue weighted by Crippen LogP contribution is 2.42. The van der Waals surface area contributed by atoms with Crippen molar-refractivity contribution in [2.45, 2.75) is 38.1 Å². The van der Waals surface area contributed by atoms with Crippen molar-refractivity contribution in [1.29, 1.82) is 0 Å². The Morgan fingerprint density at radius 3 is 2.53 bits per heavy atom. The molecule has 3 heteroatoms. The van der Waals surface area contributed by atoms with Crippen molar-refractivity contribution in [2.24, 2.45) is 11.1 Å². The molecular formula is C12H24N2O. The molecule has 0 heterocycles. The van der Waals surface area contributed by atoms with Gasteiger partial charge in [-0.25, -0.2) is 0 Å². The van der Waals surface area contributed by atoms with E-state index in [4.69, 9.17) is 10.5 Å². The van der Waals surface area contributed by atoms with Gasteiger partial charge in [0.15, 0.2) is 0 Å². The molecule has 0 aliphatic heterocycles. The summed E-state index contributed by atoms with van der Waals surface area (Å²) < 4.78 is 5.18.